The summed E-state index contributed by atoms with van der Waals surface area (Å²) < 4.78 is 5.12. The molecule has 1 N–H and O–H groups in total. The lowest BCUT2D eigenvalue weighted by atomic mass is 9.97. The van der Waals surface area contributed by atoms with Crippen LogP contribution in [-0.4, -0.2) is 46.0 Å². The van der Waals surface area contributed by atoms with Gasteiger partial charge in [0.05, 0.1) is 6.54 Å². The topological polar surface area (TPSA) is 83.9 Å². The molecule has 0 aliphatic heterocycles. The Hall–Kier alpha value is -1.59. The van der Waals surface area contributed by atoms with Gasteiger partial charge in [0, 0.05) is 0 Å². The van der Waals surface area contributed by atoms with Crippen molar-refractivity contribution in [3.8, 4) is 0 Å². The zero-order valence-electron chi connectivity index (χ0n) is 11.5. The Morgan fingerprint density at radius 1 is 1.28 bits per heavy atom. The average Bonchev–Trinajstić information content (AvgIpc) is 2.21. The molecule has 0 aromatic rings. The van der Waals surface area contributed by atoms with Gasteiger partial charge >= 0.3 is 12.1 Å². The Balaban J connectivity index is 5.23. The van der Waals surface area contributed by atoms with Crippen LogP contribution in [0.2, 0.25) is 0 Å². The fraction of sp³-hybridized carbons (Fsp3) is 0.750. The predicted octanol–water partition coefficient (Wildman–Crippen LogP) is 1.68. The number of carboxylic acids is 1. The van der Waals surface area contributed by atoms with Gasteiger partial charge in [-0.15, -0.1) is 0 Å². The number of amides is 1. The van der Waals surface area contributed by atoms with E-state index >= 15 is 0 Å². The predicted molar refractivity (Wildman–Crippen MR) is 65.3 cm³/mol. The zero-order chi connectivity index (χ0) is 14.6. The SMILES string of the molecule is CCC(C)(C(=O)O)N(CC=O)C(=O)OC(C)(C)C. The standard InChI is InChI=1S/C12H21NO5/c1-6-12(5,9(15)16)13(7-8-14)10(17)18-11(2,3)4/h8H,6-7H2,1-5H3,(H,15,16). The highest BCUT2D eigenvalue weighted by molar-refractivity contribution is 5.85. The lowest BCUT2D eigenvalue weighted by Gasteiger charge is -2.36. The van der Waals surface area contributed by atoms with Crippen molar-refractivity contribution < 1.29 is 24.2 Å². The van der Waals surface area contributed by atoms with Gasteiger partial charge in [-0.1, -0.05) is 6.92 Å². The number of nitrogens with zero attached hydrogens (tertiary/aromatic N) is 1. The molecule has 0 aliphatic rings. The number of carbonyl (C=O) groups is 3. The summed E-state index contributed by atoms with van der Waals surface area (Å²) in [7, 11) is 0. The first kappa shape index (κ1) is 16.4. The highest BCUT2D eigenvalue weighted by Gasteiger charge is 2.42. The largest absolute Gasteiger partial charge is 0.480 e. The number of carboxylic acid groups (broad SMARTS) is 1. The van der Waals surface area contributed by atoms with Gasteiger partial charge < -0.3 is 14.6 Å². The molecule has 1 unspecified atom stereocenters. The Kier molecular flexibility index (Phi) is 5.32. The van der Waals surface area contributed by atoms with E-state index < -0.39 is 23.2 Å². The maximum absolute atomic E-state index is 11.9. The number of hydrogen-bond acceptors (Lipinski definition) is 4. The maximum Gasteiger partial charge on any atom is 0.411 e. The van der Waals surface area contributed by atoms with E-state index in [0.29, 0.717) is 6.29 Å². The molecule has 0 rings (SSSR count). The number of rotatable bonds is 5. The van der Waals surface area contributed by atoms with Gasteiger partial charge in [0.15, 0.2) is 0 Å². The summed E-state index contributed by atoms with van der Waals surface area (Å²) in [6.45, 7) is 7.74. The molecule has 1 atom stereocenters. The molecule has 18 heavy (non-hydrogen) atoms. The average molecular weight is 259 g/mol. The van der Waals surface area contributed by atoms with Gasteiger partial charge in [0.25, 0.3) is 0 Å². The van der Waals surface area contributed by atoms with Gasteiger partial charge in [-0.25, -0.2) is 9.59 Å². The molecule has 0 spiro atoms. The highest BCUT2D eigenvalue weighted by atomic mass is 16.6. The Bertz CT molecular complexity index is 334. The van der Waals surface area contributed by atoms with Crippen molar-refractivity contribution in [2.45, 2.75) is 52.2 Å². The fourth-order valence-corrected chi connectivity index (χ4v) is 1.33. The number of carbonyl (C=O) groups excluding carboxylic acids is 2. The molecule has 0 aromatic carbocycles. The van der Waals surface area contributed by atoms with Crippen molar-refractivity contribution in [2.75, 3.05) is 6.54 Å². The van der Waals surface area contributed by atoms with E-state index in [1.165, 1.54) is 6.92 Å². The smallest absolute Gasteiger partial charge is 0.411 e. The van der Waals surface area contributed by atoms with E-state index in [-0.39, 0.29) is 13.0 Å². The van der Waals surface area contributed by atoms with E-state index in [1.807, 2.05) is 0 Å². The molecular formula is C12H21NO5. The second-order valence-corrected chi connectivity index (χ2v) is 5.19. The van der Waals surface area contributed by atoms with Crippen LogP contribution in [0.4, 0.5) is 4.79 Å². The van der Waals surface area contributed by atoms with E-state index in [9.17, 15) is 19.5 Å². The third kappa shape index (κ3) is 4.01. The Morgan fingerprint density at radius 3 is 2.06 bits per heavy atom. The van der Waals surface area contributed by atoms with Crippen molar-refractivity contribution in [3.05, 3.63) is 0 Å². The lowest BCUT2D eigenvalue weighted by molar-refractivity contribution is -0.150. The first-order chi connectivity index (χ1) is 8.08. The molecular weight excluding hydrogens is 238 g/mol. The zero-order valence-corrected chi connectivity index (χ0v) is 11.5. The minimum absolute atomic E-state index is 0.176. The summed E-state index contributed by atoms with van der Waals surface area (Å²) in [6.07, 6.45) is -0.141. The van der Waals surface area contributed by atoms with Crippen molar-refractivity contribution in [1.29, 1.82) is 0 Å². The number of hydrogen-bond donors (Lipinski definition) is 1. The number of aliphatic carboxylic acids is 1. The summed E-state index contributed by atoms with van der Waals surface area (Å²) in [5, 5.41) is 9.21. The van der Waals surface area contributed by atoms with E-state index in [4.69, 9.17) is 4.74 Å². The third-order valence-corrected chi connectivity index (χ3v) is 2.62. The summed E-state index contributed by atoms with van der Waals surface area (Å²) in [6, 6.07) is 0. The van der Waals surface area contributed by atoms with Gasteiger partial charge in [0.1, 0.15) is 17.4 Å². The summed E-state index contributed by atoms with van der Waals surface area (Å²) >= 11 is 0. The molecule has 104 valence electrons. The van der Waals surface area contributed by atoms with Crippen molar-refractivity contribution in [2.24, 2.45) is 0 Å². The highest BCUT2D eigenvalue weighted by Crippen LogP contribution is 2.22. The normalized spacial score (nSPS) is 14.5. The molecule has 0 saturated heterocycles. The summed E-state index contributed by atoms with van der Waals surface area (Å²) in [5.41, 5.74) is -2.20. The maximum atomic E-state index is 11.9. The van der Waals surface area contributed by atoms with Crippen LogP contribution < -0.4 is 0 Å². The van der Waals surface area contributed by atoms with Gasteiger partial charge in [-0.2, -0.15) is 0 Å². The van der Waals surface area contributed by atoms with Crippen LogP contribution in [0.1, 0.15) is 41.0 Å². The van der Waals surface area contributed by atoms with Crippen LogP contribution in [0.5, 0.6) is 0 Å². The Labute approximate surface area is 107 Å². The molecule has 1 amide bonds. The lowest BCUT2D eigenvalue weighted by Crippen LogP contribution is -2.56. The van der Waals surface area contributed by atoms with Crippen LogP contribution in [0.25, 0.3) is 0 Å². The molecule has 0 saturated carbocycles. The molecule has 0 heterocycles. The first-order valence-electron chi connectivity index (χ1n) is 5.76. The van der Waals surface area contributed by atoms with Crippen LogP contribution in [-0.2, 0) is 14.3 Å². The monoisotopic (exact) mass is 259 g/mol. The van der Waals surface area contributed by atoms with Crippen LogP contribution in [0, 0.1) is 0 Å². The van der Waals surface area contributed by atoms with Crippen molar-refractivity contribution in [3.63, 3.8) is 0 Å². The van der Waals surface area contributed by atoms with Gasteiger partial charge in [-0.05, 0) is 34.1 Å². The van der Waals surface area contributed by atoms with Crippen LogP contribution in [0.15, 0.2) is 0 Å². The third-order valence-electron chi connectivity index (χ3n) is 2.62. The molecule has 0 aliphatic carbocycles. The Morgan fingerprint density at radius 2 is 1.78 bits per heavy atom. The van der Waals surface area contributed by atoms with Crippen LogP contribution >= 0.6 is 0 Å². The summed E-state index contributed by atoms with van der Waals surface area (Å²) in [4.78, 5) is 34.8. The second kappa shape index (κ2) is 5.84. The van der Waals surface area contributed by atoms with Crippen molar-refractivity contribution in [1.82, 2.24) is 4.90 Å². The second-order valence-electron chi connectivity index (χ2n) is 5.19. The minimum atomic E-state index is -1.46. The first-order valence-corrected chi connectivity index (χ1v) is 5.76. The number of aldehydes is 1. The fourth-order valence-electron chi connectivity index (χ4n) is 1.33. The van der Waals surface area contributed by atoms with Gasteiger partial charge in [0.2, 0.25) is 0 Å². The molecule has 6 nitrogen and oxygen atoms in total. The molecule has 0 bridgehead atoms. The molecule has 0 radical (unpaired) electrons. The quantitative estimate of drug-likeness (QED) is 0.759. The van der Waals surface area contributed by atoms with E-state index in [1.54, 1.807) is 27.7 Å². The summed E-state index contributed by atoms with van der Waals surface area (Å²) in [5.74, 6) is -1.17. The molecule has 6 heteroatoms. The van der Waals surface area contributed by atoms with E-state index in [2.05, 4.69) is 0 Å². The van der Waals surface area contributed by atoms with Gasteiger partial charge in [-0.3, -0.25) is 4.90 Å². The minimum Gasteiger partial charge on any atom is -0.480 e. The molecule has 0 fully saturated rings. The molecule has 0 aromatic heterocycles. The van der Waals surface area contributed by atoms with Crippen molar-refractivity contribution >= 4 is 18.3 Å². The van der Waals surface area contributed by atoms with Crippen LogP contribution in [0.3, 0.4) is 0 Å². The number of ether oxygens (including phenoxy) is 1. The van der Waals surface area contributed by atoms with E-state index in [0.717, 1.165) is 4.90 Å².